The summed E-state index contributed by atoms with van der Waals surface area (Å²) in [5.41, 5.74) is 1.11. The van der Waals surface area contributed by atoms with Gasteiger partial charge in [0.1, 0.15) is 0 Å². The van der Waals surface area contributed by atoms with Crippen LogP contribution in [0.5, 0.6) is 0 Å². The second-order valence-corrected chi connectivity index (χ2v) is 8.28. The molecule has 1 aromatic carbocycles. The molecule has 4 nitrogen and oxygen atoms in total. The van der Waals surface area contributed by atoms with Crippen molar-refractivity contribution in [1.29, 1.82) is 0 Å². The highest BCUT2D eigenvalue weighted by Gasteiger charge is 2.11. The van der Waals surface area contributed by atoms with Gasteiger partial charge in [-0.25, -0.2) is 9.00 Å². The van der Waals surface area contributed by atoms with Gasteiger partial charge in [-0.3, -0.25) is 0 Å². The molecule has 0 aliphatic heterocycles. The van der Waals surface area contributed by atoms with Crippen molar-refractivity contribution >= 4 is 17.0 Å². The Hall–Kier alpha value is -1.20. The van der Waals surface area contributed by atoms with E-state index in [9.17, 15) is 13.6 Å². The van der Waals surface area contributed by atoms with E-state index in [0.29, 0.717) is 12.2 Å². The van der Waals surface area contributed by atoms with Gasteiger partial charge in [-0.15, -0.1) is 0 Å². The molecule has 0 spiro atoms. The second kappa shape index (κ2) is 14.8. The first kappa shape index (κ1) is 23.8. The number of ether oxygens (including phenoxy) is 1. The molecule has 0 aliphatic rings. The molecule has 1 rings (SSSR count). The molecule has 0 saturated carbocycles. The fourth-order valence-electron chi connectivity index (χ4n) is 3.16. The first-order valence-electron chi connectivity index (χ1n) is 10.4. The minimum Gasteiger partial charge on any atom is -0.462 e. The number of hydrogen-bond donors (Lipinski definition) is 1. The van der Waals surface area contributed by atoms with Gasteiger partial charge < -0.3 is 9.29 Å². The highest BCUT2D eigenvalue weighted by atomic mass is 32.2. The smallest absolute Gasteiger partial charge is 0.338 e. The molecule has 0 heterocycles. The molecular formula is C22H36O4S. The van der Waals surface area contributed by atoms with Crippen LogP contribution in [-0.4, -0.2) is 21.3 Å². The van der Waals surface area contributed by atoms with Crippen LogP contribution in [0, 0.1) is 6.92 Å². The maximum absolute atomic E-state index is 12.1. The Labute approximate surface area is 167 Å². The predicted octanol–water partition coefficient (Wildman–Crippen LogP) is 6.43. The molecule has 0 radical (unpaired) electrons. The molecule has 0 bridgehead atoms. The van der Waals surface area contributed by atoms with Crippen molar-refractivity contribution in [2.75, 3.05) is 6.61 Å². The third-order valence-electron chi connectivity index (χ3n) is 4.72. The average molecular weight is 397 g/mol. The molecule has 154 valence electrons. The fourth-order valence-corrected chi connectivity index (χ4v) is 3.67. The normalized spacial score (nSPS) is 12.1. The van der Waals surface area contributed by atoms with Crippen LogP contribution in [0.2, 0.25) is 0 Å². The van der Waals surface area contributed by atoms with Gasteiger partial charge in [0.2, 0.25) is 0 Å². The van der Waals surface area contributed by atoms with E-state index in [1.54, 1.807) is 19.1 Å². The maximum atomic E-state index is 12.1. The standard InChI is InChI=1S/C22H36O4S/c1-3-4-5-6-7-8-9-10-11-12-13-14-15-26-22(23)20-16-19(2)17-21(18-20)27(24)25/h16-18H,3-15H2,1-2H3,(H,24,25). The molecule has 5 heteroatoms. The summed E-state index contributed by atoms with van der Waals surface area (Å²) in [4.78, 5) is 12.3. The van der Waals surface area contributed by atoms with Crippen LogP contribution in [0.3, 0.4) is 0 Å². The van der Waals surface area contributed by atoms with Crippen LogP contribution in [-0.2, 0) is 15.8 Å². The van der Waals surface area contributed by atoms with Crippen LogP contribution >= 0.6 is 0 Å². The van der Waals surface area contributed by atoms with Crippen molar-refractivity contribution in [1.82, 2.24) is 0 Å². The van der Waals surface area contributed by atoms with E-state index in [2.05, 4.69) is 6.92 Å². The lowest BCUT2D eigenvalue weighted by atomic mass is 10.1. The third kappa shape index (κ3) is 11.3. The number of carbonyl (C=O) groups excluding carboxylic acids is 1. The minimum absolute atomic E-state index is 0.229. The second-order valence-electron chi connectivity index (χ2n) is 7.31. The summed E-state index contributed by atoms with van der Waals surface area (Å²) in [6.45, 7) is 4.44. The minimum atomic E-state index is -2.09. The molecule has 0 aromatic heterocycles. The van der Waals surface area contributed by atoms with Crippen molar-refractivity contribution in [3.63, 3.8) is 0 Å². The first-order chi connectivity index (χ1) is 13.0. The van der Waals surface area contributed by atoms with Gasteiger partial charge >= 0.3 is 5.97 Å². The van der Waals surface area contributed by atoms with Gasteiger partial charge in [-0.2, -0.15) is 0 Å². The number of unbranched alkanes of at least 4 members (excludes halogenated alkanes) is 11. The van der Waals surface area contributed by atoms with Gasteiger partial charge in [0, 0.05) is 0 Å². The highest BCUT2D eigenvalue weighted by molar-refractivity contribution is 7.79. The molecule has 27 heavy (non-hydrogen) atoms. The van der Waals surface area contributed by atoms with Gasteiger partial charge in [0.25, 0.3) is 0 Å². The van der Waals surface area contributed by atoms with Crippen LogP contribution in [0.25, 0.3) is 0 Å². The summed E-state index contributed by atoms with van der Waals surface area (Å²) in [6.07, 6.45) is 15.2. The summed E-state index contributed by atoms with van der Waals surface area (Å²) < 4.78 is 25.6. The Morgan fingerprint density at radius 1 is 0.889 bits per heavy atom. The lowest BCUT2D eigenvalue weighted by molar-refractivity contribution is 0.0497. The Morgan fingerprint density at radius 3 is 1.93 bits per heavy atom. The van der Waals surface area contributed by atoms with Crippen LogP contribution in [0.1, 0.15) is 99.9 Å². The molecule has 1 N–H and O–H groups in total. The summed E-state index contributed by atoms with van der Waals surface area (Å²) in [7, 11) is 0. The first-order valence-corrected chi connectivity index (χ1v) is 11.5. The van der Waals surface area contributed by atoms with Crippen molar-refractivity contribution in [2.24, 2.45) is 0 Å². The van der Waals surface area contributed by atoms with Crippen molar-refractivity contribution < 1.29 is 18.3 Å². The van der Waals surface area contributed by atoms with E-state index in [0.717, 1.165) is 18.4 Å². The van der Waals surface area contributed by atoms with E-state index < -0.39 is 17.0 Å². The number of aryl methyl sites for hydroxylation is 1. The lowest BCUT2D eigenvalue weighted by Crippen LogP contribution is -2.07. The topological polar surface area (TPSA) is 63.6 Å². The number of carbonyl (C=O) groups is 1. The SMILES string of the molecule is CCCCCCCCCCCCCCOC(=O)c1cc(C)cc(S(=O)O)c1. The number of esters is 1. The summed E-state index contributed by atoms with van der Waals surface area (Å²) in [6, 6.07) is 4.70. The van der Waals surface area contributed by atoms with Crippen LogP contribution in [0.4, 0.5) is 0 Å². The zero-order chi connectivity index (χ0) is 19.9. The average Bonchev–Trinajstić information content (AvgIpc) is 2.64. The van der Waals surface area contributed by atoms with Gasteiger partial charge in [-0.1, -0.05) is 77.6 Å². The monoisotopic (exact) mass is 396 g/mol. The molecule has 0 amide bonds. The zero-order valence-corrected chi connectivity index (χ0v) is 17.8. The van der Waals surface area contributed by atoms with E-state index in [1.165, 1.54) is 70.3 Å². The van der Waals surface area contributed by atoms with Crippen LogP contribution in [0.15, 0.2) is 23.1 Å². The molecule has 1 unspecified atom stereocenters. The molecule has 1 atom stereocenters. The van der Waals surface area contributed by atoms with E-state index in [4.69, 9.17) is 4.74 Å². The van der Waals surface area contributed by atoms with Gasteiger partial charge in [-0.05, 0) is 37.1 Å². The number of hydrogen-bond acceptors (Lipinski definition) is 3. The Balaban J connectivity index is 2.05. The molecule has 0 saturated heterocycles. The Morgan fingerprint density at radius 2 is 1.41 bits per heavy atom. The zero-order valence-electron chi connectivity index (χ0n) is 17.0. The summed E-state index contributed by atoms with van der Waals surface area (Å²) >= 11 is -2.09. The predicted molar refractivity (Wildman–Crippen MR) is 112 cm³/mol. The van der Waals surface area contributed by atoms with Crippen molar-refractivity contribution in [3.8, 4) is 0 Å². The van der Waals surface area contributed by atoms with Gasteiger partial charge in [0.15, 0.2) is 11.1 Å². The van der Waals surface area contributed by atoms with E-state index >= 15 is 0 Å². The number of benzene rings is 1. The lowest BCUT2D eigenvalue weighted by Gasteiger charge is -2.07. The number of rotatable bonds is 15. The van der Waals surface area contributed by atoms with E-state index in [-0.39, 0.29) is 4.90 Å². The maximum Gasteiger partial charge on any atom is 0.338 e. The van der Waals surface area contributed by atoms with Crippen molar-refractivity contribution in [2.45, 2.75) is 95.8 Å². The highest BCUT2D eigenvalue weighted by Crippen LogP contribution is 2.15. The molecule has 0 fully saturated rings. The van der Waals surface area contributed by atoms with E-state index in [1.807, 2.05) is 0 Å². The summed E-state index contributed by atoms with van der Waals surface area (Å²) in [5.74, 6) is -0.423. The quantitative estimate of drug-likeness (QED) is 0.211. The van der Waals surface area contributed by atoms with Crippen molar-refractivity contribution in [3.05, 3.63) is 29.3 Å². The van der Waals surface area contributed by atoms with Crippen LogP contribution < -0.4 is 0 Å². The Bertz CT molecular complexity index is 571. The fraction of sp³-hybridized carbons (Fsp3) is 0.682. The Kier molecular flexibility index (Phi) is 13.1. The molecule has 0 aliphatic carbocycles. The van der Waals surface area contributed by atoms with Gasteiger partial charge in [0.05, 0.1) is 17.1 Å². The largest absolute Gasteiger partial charge is 0.462 e. The third-order valence-corrected chi connectivity index (χ3v) is 5.36. The summed E-state index contributed by atoms with van der Waals surface area (Å²) in [5, 5.41) is 0. The molecular weight excluding hydrogens is 360 g/mol. The molecule has 1 aromatic rings.